The maximum Gasteiger partial charge on any atom is 0.319 e. The average molecular weight is 583 g/mol. The smallest absolute Gasteiger partial charge is 0.319 e. The number of nitrogens with one attached hydrogen (secondary N) is 2. The van der Waals surface area contributed by atoms with Crippen LogP contribution < -0.4 is 19.7 Å². The largest absolute Gasteiger partial charge is 0.456 e. The highest BCUT2D eigenvalue weighted by molar-refractivity contribution is 6.33. The standard InChI is InChI=1S/C27H28ClFN8O4/c1-4-21(38)37-8-7-36(13-14(37)2)25-15-5-6-31-26(41-24-16-10-32-35-18(16)9-17(29)22(24)28)23(15)33-27(34-25)40-20-12-30-11-19(20)39-3/h4-6,9-10,14,19-20,30H,1,7-8,11-13H2,2-3H3,(H,32,35)/t14-,19+,20+/m0/s1. The molecule has 4 aromatic rings. The van der Waals surface area contributed by atoms with E-state index in [0.717, 1.165) is 0 Å². The molecule has 2 fully saturated rings. The third kappa shape index (κ3) is 5.00. The first kappa shape index (κ1) is 27.1. The normalized spacial score (nSPS) is 21.0. The zero-order valence-electron chi connectivity index (χ0n) is 22.4. The topological polar surface area (TPSA) is 131 Å². The Hall–Kier alpha value is -4.07. The van der Waals surface area contributed by atoms with Crippen LogP contribution in [0.5, 0.6) is 17.6 Å². The van der Waals surface area contributed by atoms with Crippen molar-refractivity contribution in [3.8, 4) is 17.6 Å². The Morgan fingerprint density at radius 3 is 2.85 bits per heavy atom. The van der Waals surface area contributed by atoms with Crippen LogP contribution in [0.2, 0.25) is 5.02 Å². The van der Waals surface area contributed by atoms with Gasteiger partial charge < -0.3 is 29.3 Å². The molecule has 1 aromatic carbocycles. The number of hydrogen-bond acceptors (Lipinski definition) is 10. The summed E-state index contributed by atoms with van der Waals surface area (Å²) < 4.78 is 32.6. The number of H-pyrrole nitrogens is 1. The minimum atomic E-state index is -0.668. The highest BCUT2D eigenvalue weighted by Crippen LogP contribution is 2.40. The van der Waals surface area contributed by atoms with Crippen LogP contribution in [0.3, 0.4) is 0 Å². The number of anilines is 1. The van der Waals surface area contributed by atoms with Crippen molar-refractivity contribution in [3.63, 3.8) is 0 Å². The quantitative estimate of drug-likeness (QED) is 0.313. The molecule has 0 bridgehead atoms. The van der Waals surface area contributed by atoms with Crippen molar-refractivity contribution < 1.29 is 23.4 Å². The van der Waals surface area contributed by atoms with Gasteiger partial charge in [0.2, 0.25) is 11.8 Å². The number of aromatic amines is 1. The van der Waals surface area contributed by atoms with Gasteiger partial charge in [0.05, 0.1) is 22.5 Å². The van der Waals surface area contributed by atoms with Crippen LogP contribution in [0.1, 0.15) is 6.92 Å². The number of pyridine rings is 1. The number of hydrogen-bond donors (Lipinski definition) is 2. The monoisotopic (exact) mass is 582 g/mol. The summed E-state index contributed by atoms with van der Waals surface area (Å²) in [6.45, 7) is 8.30. The van der Waals surface area contributed by atoms with Gasteiger partial charge in [0.25, 0.3) is 0 Å². The molecule has 14 heteroatoms. The molecular formula is C27H28ClFN8O4. The lowest BCUT2D eigenvalue weighted by molar-refractivity contribution is -0.128. The van der Waals surface area contributed by atoms with E-state index in [-0.39, 0.29) is 46.8 Å². The molecule has 2 aliphatic rings. The van der Waals surface area contributed by atoms with E-state index in [2.05, 4.69) is 37.0 Å². The van der Waals surface area contributed by atoms with Crippen LogP contribution in [-0.2, 0) is 9.53 Å². The maximum absolute atomic E-state index is 14.6. The van der Waals surface area contributed by atoms with E-state index in [9.17, 15) is 9.18 Å². The zero-order valence-corrected chi connectivity index (χ0v) is 23.2. The summed E-state index contributed by atoms with van der Waals surface area (Å²) in [5, 5.41) is 10.9. The van der Waals surface area contributed by atoms with Crippen molar-refractivity contribution in [3.05, 3.63) is 48.0 Å². The number of benzene rings is 1. The van der Waals surface area contributed by atoms with Crippen LogP contribution in [-0.4, -0.2) is 94.0 Å². The molecule has 41 heavy (non-hydrogen) atoms. The predicted octanol–water partition coefficient (Wildman–Crippen LogP) is 3.07. The second kappa shape index (κ2) is 11.1. The number of piperazine rings is 1. The SMILES string of the molecule is C=CC(=O)N1CCN(c2nc(O[C@@H]3CNC[C@H]3OC)nc3c(Oc4c(Cl)c(F)cc5[nH]ncc45)nccc23)C[C@@H]1C. The molecule has 2 N–H and O–H groups in total. The summed E-state index contributed by atoms with van der Waals surface area (Å²) in [4.78, 5) is 30.1. The average Bonchev–Trinajstić information content (AvgIpc) is 3.63. The van der Waals surface area contributed by atoms with Crippen LogP contribution in [0.4, 0.5) is 10.2 Å². The Morgan fingerprint density at radius 2 is 2.07 bits per heavy atom. The van der Waals surface area contributed by atoms with Crippen LogP contribution in [0, 0.1) is 5.82 Å². The molecule has 0 radical (unpaired) electrons. The Bertz CT molecular complexity index is 1630. The molecule has 214 valence electrons. The first-order chi connectivity index (χ1) is 19.9. The molecule has 3 aromatic heterocycles. The van der Waals surface area contributed by atoms with Crippen LogP contribution >= 0.6 is 11.6 Å². The summed E-state index contributed by atoms with van der Waals surface area (Å²) in [6.07, 6.45) is 3.88. The van der Waals surface area contributed by atoms with Gasteiger partial charge in [-0.25, -0.2) is 9.37 Å². The Morgan fingerprint density at radius 1 is 1.24 bits per heavy atom. The summed E-state index contributed by atoms with van der Waals surface area (Å²) in [6, 6.07) is 3.04. The van der Waals surface area contributed by atoms with E-state index in [1.807, 2.05) is 6.92 Å². The molecule has 0 aliphatic carbocycles. The molecule has 3 atom stereocenters. The van der Waals surface area contributed by atoms with Crippen molar-refractivity contribution in [2.45, 2.75) is 25.2 Å². The summed E-state index contributed by atoms with van der Waals surface area (Å²) in [5.74, 6) is -0.0488. The minimum absolute atomic E-state index is 0.0580. The number of methoxy groups -OCH3 is 1. The van der Waals surface area contributed by atoms with E-state index in [0.29, 0.717) is 60.3 Å². The Kier molecular flexibility index (Phi) is 7.32. The number of rotatable bonds is 7. The third-order valence-electron chi connectivity index (χ3n) is 7.38. The molecule has 0 spiro atoms. The molecule has 2 aliphatic heterocycles. The number of ether oxygens (including phenoxy) is 3. The van der Waals surface area contributed by atoms with E-state index in [4.69, 9.17) is 30.8 Å². The van der Waals surface area contributed by atoms with E-state index in [1.165, 1.54) is 18.3 Å². The summed E-state index contributed by atoms with van der Waals surface area (Å²) in [5.41, 5.74) is 0.767. The van der Waals surface area contributed by atoms with Crippen molar-refractivity contribution >= 4 is 45.1 Å². The summed E-state index contributed by atoms with van der Waals surface area (Å²) in [7, 11) is 1.63. The molecule has 0 unspecified atom stereocenters. The second-order valence-electron chi connectivity index (χ2n) is 9.90. The Balaban J connectivity index is 1.44. The van der Waals surface area contributed by atoms with E-state index in [1.54, 1.807) is 24.3 Å². The van der Waals surface area contributed by atoms with Crippen molar-refractivity contribution in [2.75, 3.05) is 44.7 Å². The first-order valence-electron chi connectivity index (χ1n) is 13.1. The fourth-order valence-corrected chi connectivity index (χ4v) is 5.47. The van der Waals surface area contributed by atoms with Gasteiger partial charge in [-0.3, -0.25) is 9.89 Å². The highest BCUT2D eigenvalue weighted by Gasteiger charge is 2.32. The molecular weight excluding hydrogens is 555 g/mol. The second-order valence-corrected chi connectivity index (χ2v) is 10.3. The number of aromatic nitrogens is 5. The van der Waals surface area contributed by atoms with E-state index >= 15 is 0 Å². The molecule has 0 saturated carbocycles. The fraction of sp³-hybridized carbons (Fsp3) is 0.370. The lowest BCUT2D eigenvalue weighted by Crippen LogP contribution is -2.54. The zero-order chi connectivity index (χ0) is 28.7. The molecule has 6 rings (SSSR count). The number of carbonyl (C=O) groups is 1. The van der Waals surface area contributed by atoms with E-state index < -0.39 is 5.82 Å². The molecule has 2 saturated heterocycles. The van der Waals surface area contributed by atoms with Gasteiger partial charge in [-0.15, -0.1) is 0 Å². The lowest BCUT2D eigenvalue weighted by Gasteiger charge is -2.40. The minimum Gasteiger partial charge on any atom is -0.456 e. The van der Waals surface area contributed by atoms with Gasteiger partial charge in [0.1, 0.15) is 34.4 Å². The molecule has 12 nitrogen and oxygen atoms in total. The summed E-state index contributed by atoms with van der Waals surface area (Å²) >= 11 is 6.33. The fourth-order valence-electron chi connectivity index (χ4n) is 5.28. The lowest BCUT2D eigenvalue weighted by atomic mass is 10.1. The van der Waals surface area contributed by atoms with Gasteiger partial charge in [-0.05, 0) is 19.1 Å². The van der Waals surface area contributed by atoms with Crippen LogP contribution in [0.15, 0.2) is 37.2 Å². The third-order valence-corrected chi connectivity index (χ3v) is 7.74. The molecule has 5 heterocycles. The number of halogens is 2. The number of fused-ring (bicyclic) bond motifs is 2. The van der Waals surface area contributed by atoms with Crippen molar-refractivity contribution in [1.82, 2.24) is 35.4 Å². The van der Waals surface area contributed by atoms with Gasteiger partial charge in [0, 0.05) is 58.1 Å². The maximum atomic E-state index is 14.6. The van der Waals surface area contributed by atoms with Crippen LogP contribution in [0.25, 0.3) is 21.8 Å². The Labute approximate surface area is 239 Å². The number of amides is 1. The van der Waals surface area contributed by atoms with Crippen molar-refractivity contribution in [1.29, 1.82) is 0 Å². The van der Waals surface area contributed by atoms with Gasteiger partial charge in [-0.2, -0.15) is 15.1 Å². The first-order valence-corrected chi connectivity index (χ1v) is 13.5. The predicted molar refractivity (Wildman–Crippen MR) is 150 cm³/mol. The van der Waals surface area contributed by atoms with Gasteiger partial charge in [-0.1, -0.05) is 18.2 Å². The van der Waals surface area contributed by atoms with Gasteiger partial charge >= 0.3 is 6.01 Å². The number of carbonyl (C=O) groups excluding carboxylic acids is 1. The number of nitrogens with zero attached hydrogens (tertiary/aromatic N) is 6. The molecule has 1 amide bonds. The van der Waals surface area contributed by atoms with Gasteiger partial charge in [0.15, 0.2) is 5.75 Å². The highest BCUT2D eigenvalue weighted by atomic mass is 35.5. The van der Waals surface area contributed by atoms with Crippen molar-refractivity contribution in [2.24, 2.45) is 0 Å².